The average Bonchev–Trinajstić information content (AvgIpc) is 2.03. The maximum absolute atomic E-state index is 11.0. The van der Waals surface area contributed by atoms with E-state index in [2.05, 4.69) is 0 Å². The van der Waals surface area contributed by atoms with Gasteiger partial charge in [-0.3, -0.25) is 4.79 Å². The minimum absolute atomic E-state index is 0.0187. The van der Waals surface area contributed by atoms with Crippen molar-refractivity contribution in [3.63, 3.8) is 0 Å². The smallest absolute Gasteiger partial charge is 0.132 e. The van der Waals surface area contributed by atoms with Gasteiger partial charge >= 0.3 is 0 Å². The van der Waals surface area contributed by atoms with E-state index in [1.807, 2.05) is 0 Å². The fourth-order valence-corrected chi connectivity index (χ4v) is 1.18. The lowest BCUT2D eigenvalue weighted by atomic mass is 9.96. The van der Waals surface area contributed by atoms with E-state index in [0.717, 1.165) is 12.8 Å². The van der Waals surface area contributed by atoms with Crippen LogP contribution in [0.15, 0.2) is 0 Å². The molecule has 0 amide bonds. The third-order valence-electron chi connectivity index (χ3n) is 1.95. The van der Waals surface area contributed by atoms with Crippen LogP contribution in [0.1, 0.15) is 26.2 Å². The molecule has 0 aliphatic heterocycles. The highest BCUT2D eigenvalue weighted by atomic mass is 16.5. The number of hydrogen-bond donors (Lipinski definition) is 1. The molecule has 12 heavy (non-hydrogen) atoms. The largest absolute Gasteiger partial charge is 0.396 e. The van der Waals surface area contributed by atoms with Gasteiger partial charge < -0.3 is 9.84 Å². The lowest BCUT2D eigenvalue weighted by molar-refractivity contribution is -0.121. The average molecular weight is 174 g/mol. The monoisotopic (exact) mass is 174 g/mol. The Bertz CT molecular complexity index is 123. The number of methoxy groups -OCH3 is 1. The molecule has 0 radical (unpaired) electrons. The fraction of sp³-hybridized carbons (Fsp3) is 0.889. The Balaban J connectivity index is 3.56. The number of Topliss-reactive ketones (excluding diaryl/α,β-unsaturated/α-hetero) is 1. The number of ketones is 1. The Labute approximate surface area is 73.7 Å². The van der Waals surface area contributed by atoms with Crippen LogP contribution >= 0.6 is 0 Å². The van der Waals surface area contributed by atoms with Crippen molar-refractivity contribution >= 4 is 5.78 Å². The van der Waals surface area contributed by atoms with Crippen molar-refractivity contribution in [1.82, 2.24) is 0 Å². The second-order valence-electron chi connectivity index (χ2n) is 2.95. The zero-order chi connectivity index (χ0) is 9.40. The van der Waals surface area contributed by atoms with Crippen LogP contribution in [0.5, 0.6) is 0 Å². The molecule has 0 aromatic carbocycles. The molecule has 0 aromatic heterocycles. The molecule has 0 spiro atoms. The predicted molar refractivity (Wildman–Crippen MR) is 47.0 cm³/mol. The van der Waals surface area contributed by atoms with Gasteiger partial charge in [-0.2, -0.15) is 0 Å². The molecule has 0 saturated carbocycles. The van der Waals surface area contributed by atoms with Gasteiger partial charge in [0.05, 0.1) is 0 Å². The van der Waals surface area contributed by atoms with Crippen LogP contribution < -0.4 is 0 Å². The van der Waals surface area contributed by atoms with Crippen LogP contribution in [0, 0.1) is 5.92 Å². The summed E-state index contributed by atoms with van der Waals surface area (Å²) in [6.45, 7) is 2.36. The number of aliphatic hydroxyl groups excluding tert-OH is 1. The van der Waals surface area contributed by atoms with Gasteiger partial charge in [-0.25, -0.2) is 0 Å². The van der Waals surface area contributed by atoms with E-state index in [4.69, 9.17) is 9.84 Å². The Hall–Kier alpha value is -0.410. The summed E-state index contributed by atoms with van der Waals surface area (Å²) in [5, 5.41) is 8.66. The van der Waals surface area contributed by atoms with E-state index >= 15 is 0 Å². The first-order valence-corrected chi connectivity index (χ1v) is 4.32. The highest BCUT2D eigenvalue weighted by Crippen LogP contribution is 2.11. The maximum atomic E-state index is 11.0. The van der Waals surface area contributed by atoms with Crippen molar-refractivity contribution in [2.24, 2.45) is 5.92 Å². The van der Waals surface area contributed by atoms with E-state index in [1.54, 1.807) is 14.0 Å². The van der Waals surface area contributed by atoms with Gasteiger partial charge in [0.1, 0.15) is 5.78 Å². The standard InChI is InChI=1S/C9H18O3/c1-8(11)9(5-6-10)4-3-7-12-2/h9-10H,3-7H2,1-2H3. The molecule has 0 heterocycles. The first-order valence-electron chi connectivity index (χ1n) is 4.32. The summed E-state index contributed by atoms with van der Waals surface area (Å²) in [6, 6.07) is 0. The summed E-state index contributed by atoms with van der Waals surface area (Å²) in [7, 11) is 1.65. The predicted octanol–water partition coefficient (Wildman–Crippen LogP) is 1.00. The van der Waals surface area contributed by atoms with Crippen LogP contribution in [0.25, 0.3) is 0 Å². The molecule has 1 unspecified atom stereocenters. The molecule has 3 heteroatoms. The van der Waals surface area contributed by atoms with Crippen LogP contribution in [0.2, 0.25) is 0 Å². The molecule has 0 bridgehead atoms. The lowest BCUT2D eigenvalue weighted by Crippen LogP contribution is -2.13. The molecule has 0 saturated heterocycles. The van der Waals surface area contributed by atoms with Crippen molar-refractivity contribution in [2.75, 3.05) is 20.3 Å². The van der Waals surface area contributed by atoms with Gasteiger partial charge in [-0.05, 0) is 26.2 Å². The molecular weight excluding hydrogens is 156 g/mol. The van der Waals surface area contributed by atoms with Crippen LogP contribution in [0.3, 0.4) is 0 Å². The Kier molecular flexibility index (Phi) is 7.00. The zero-order valence-electron chi connectivity index (χ0n) is 7.88. The maximum Gasteiger partial charge on any atom is 0.132 e. The number of aliphatic hydroxyl groups is 1. The Morgan fingerprint density at radius 1 is 1.50 bits per heavy atom. The molecule has 0 aliphatic rings. The highest BCUT2D eigenvalue weighted by Gasteiger charge is 2.12. The minimum Gasteiger partial charge on any atom is -0.396 e. The molecule has 0 aliphatic carbocycles. The van der Waals surface area contributed by atoms with E-state index in [1.165, 1.54) is 0 Å². The topological polar surface area (TPSA) is 46.5 Å². The summed E-state index contributed by atoms with van der Waals surface area (Å²) in [5.74, 6) is 0.185. The summed E-state index contributed by atoms with van der Waals surface area (Å²) in [6.07, 6.45) is 2.30. The lowest BCUT2D eigenvalue weighted by Gasteiger charge is -2.10. The summed E-state index contributed by atoms with van der Waals surface area (Å²) < 4.78 is 4.88. The quantitative estimate of drug-likeness (QED) is 0.586. The van der Waals surface area contributed by atoms with Crippen molar-refractivity contribution in [1.29, 1.82) is 0 Å². The van der Waals surface area contributed by atoms with Crippen LogP contribution in [-0.2, 0) is 9.53 Å². The third kappa shape index (κ3) is 5.27. The van der Waals surface area contributed by atoms with Gasteiger partial charge in [0, 0.05) is 26.2 Å². The van der Waals surface area contributed by atoms with Gasteiger partial charge in [0.25, 0.3) is 0 Å². The summed E-state index contributed by atoms with van der Waals surface area (Å²) in [4.78, 5) is 11.0. The SMILES string of the molecule is COCCCC(CCO)C(C)=O. The first kappa shape index (κ1) is 11.6. The zero-order valence-corrected chi connectivity index (χ0v) is 7.88. The van der Waals surface area contributed by atoms with E-state index < -0.39 is 0 Å². The molecule has 0 fully saturated rings. The van der Waals surface area contributed by atoms with Crippen LogP contribution in [-0.4, -0.2) is 31.2 Å². The molecule has 1 N–H and O–H groups in total. The van der Waals surface area contributed by atoms with Crippen molar-refractivity contribution < 1.29 is 14.6 Å². The Morgan fingerprint density at radius 2 is 2.17 bits per heavy atom. The Morgan fingerprint density at radius 3 is 2.58 bits per heavy atom. The highest BCUT2D eigenvalue weighted by molar-refractivity contribution is 5.78. The van der Waals surface area contributed by atoms with Gasteiger partial charge in [0.15, 0.2) is 0 Å². The van der Waals surface area contributed by atoms with E-state index in [9.17, 15) is 4.79 Å². The molecule has 3 nitrogen and oxygen atoms in total. The number of rotatable bonds is 7. The number of carbonyl (C=O) groups is 1. The second kappa shape index (κ2) is 7.25. The van der Waals surface area contributed by atoms with Crippen LogP contribution in [0.4, 0.5) is 0 Å². The van der Waals surface area contributed by atoms with Gasteiger partial charge in [0.2, 0.25) is 0 Å². The number of carbonyl (C=O) groups excluding carboxylic acids is 1. The molecule has 1 atom stereocenters. The summed E-state index contributed by atoms with van der Waals surface area (Å²) >= 11 is 0. The summed E-state index contributed by atoms with van der Waals surface area (Å²) in [5.41, 5.74) is 0. The van der Waals surface area contributed by atoms with Gasteiger partial charge in [-0.15, -0.1) is 0 Å². The molecule has 0 rings (SSSR count). The third-order valence-corrected chi connectivity index (χ3v) is 1.95. The molecule has 72 valence electrons. The number of hydrogen-bond acceptors (Lipinski definition) is 3. The molecular formula is C9H18O3. The van der Waals surface area contributed by atoms with Crippen molar-refractivity contribution in [3.8, 4) is 0 Å². The van der Waals surface area contributed by atoms with Crippen molar-refractivity contribution in [2.45, 2.75) is 26.2 Å². The van der Waals surface area contributed by atoms with E-state index in [-0.39, 0.29) is 18.3 Å². The number of ether oxygens (including phenoxy) is 1. The molecule has 0 aromatic rings. The first-order chi connectivity index (χ1) is 5.72. The van der Waals surface area contributed by atoms with Crippen molar-refractivity contribution in [3.05, 3.63) is 0 Å². The normalized spacial score (nSPS) is 12.9. The minimum atomic E-state index is 0.0187. The fourth-order valence-electron chi connectivity index (χ4n) is 1.18. The van der Waals surface area contributed by atoms with E-state index in [0.29, 0.717) is 13.0 Å². The van der Waals surface area contributed by atoms with Gasteiger partial charge in [-0.1, -0.05) is 0 Å². The second-order valence-corrected chi connectivity index (χ2v) is 2.95.